The van der Waals surface area contributed by atoms with Crippen LogP contribution in [0.3, 0.4) is 0 Å². The van der Waals surface area contributed by atoms with Crippen molar-refractivity contribution in [1.29, 1.82) is 0 Å². The van der Waals surface area contributed by atoms with Crippen LogP contribution in [-0.2, 0) is 6.54 Å². The lowest BCUT2D eigenvalue weighted by Gasteiger charge is -2.39. The molecular formula is C29H40N4O3. The van der Waals surface area contributed by atoms with Crippen LogP contribution in [0.1, 0.15) is 48.5 Å². The number of rotatable bonds is 9. The standard InChI is InChI=1S/C29H40N4O3/c1-22(20-32-13-3-4-14-32)19-31(2)25-11-15-33(16-12-25)26-8-6-24(7-9-26)29(34)30-18-23-5-10-27-28(17-23)36-21-35-27/h5-10,17,22,25H,3-4,11-16,18-21H2,1-2H3,(H,30,34). The van der Waals surface area contributed by atoms with E-state index in [4.69, 9.17) is 9.47 Å². The predicted octanol–water partition coefficient (Wildman–Crippen LogP) is 3.98. The van der Waals surface area contributed by atoms with E-state index in [2.05, 4.69) is 46.1 Å². The number of hydrogen-bond donors (Lipinski definition) is 1. The van der Waals surface area contributed by atoms with Crippen LogP contribution in [-0.4, -0.2) is 74.9 Å². The lowest BCUT2D eigenvalue weighted by molar-refractivity contribution is 0.0951. The van der Waals surface area contributed by atoms with E-state index in [1.54, 1.807) is 0 Å². The summed E-state index contributed by atoms with van der Waals surface area (Å²) in [6.07, 6.45) is 5.11. The van der Waals surface area contributed by atoms with Gasteiger partial charge < -0.3 is 29.5 Å². The largest absolute Gasteiger partial charge is 0.454 e. The van der Waals surface area contributed by atoms with Gasteiger partial charge in [-0.3, -0.25) is 4.79 Å². The molecule has 0 radical (unpaired) electrons. The van der Waals surface area contributed by atoms with Crippen molar-refractivity contribution in [3.8, 4) is 11.5 Å². The van der Waals surface area contributed by atoms with Gasteiger partial charge in [-0.15, -0.1) is 0 Å². The highest BCUT2D eigenvalue weighted by Crippen LogP contribution is 2.32. The number of fused-ring (bicyclic) bond motifs is 1. The molecule has 1 N–H and O–H groups in total. The van der Waals surface area contributed by atoms with E-state index < -0.39 is 0 Å². The summed E-state index contributed by atoms with van der Waals surface area (Å²) in [5.74, 6) is 2.14. The molecule has 3 aliphatic rings. The number of carbonyl (C=O) groups is 1. The topological polar surface area (TPSA) is 57.3 Å². The predicted molar refractivity (Wildman–Crippen MR) is 143 cm³/mol. The van der Waals surface area contributed by atoms with Crippen molar-refractivity contribution in [1.82, 2.24) is 15.1 Å². The van der Waals surface area contributed by atoms with Gasteiger partial charge in [0.1, 0.15) is 0 Å². The Morgan fingerprint density at radius 1 is 1.03 bits per heavy atom. The van der Waals surface area contributed by atoms with E-state index in [0.29, 0.717) is 18.2 Å². The van der Waals surface area contributed by atoms with Gasteiger partial charge >= 0.3 is 0 Å². The second-order valence-corrected chi connectivity index (χ2v) is 10.7. The summed E-state index contributed by atoms with van der Waals surface area (Å²) in [6, 6.07) is 14.4. The molecule has 194 valence electrons. The molecule has 0 bridgehead atoms. The van der Waals surface area contributed by atoms with Crippen molar-refractivity contribution in [2.24, 2.45) is 5.92 Å². The molecule has 0 aliphatic carbocycles. The first kappa shape index (κ1) is 24.9. The number of nitrogens with zero attached hydrogens (tertiary/aromatic N) is 3. The van der Waals surface area contributed by atoms with E-state index in [-0.39, 0.29) is 12.7 Å². The molecular weight excluding hydrogens is 452 g/mol. The fraction of sp³-hybridized carbons (Fsp3) is 0.552. The van der Waals surface area contributed by atoms with Crippen LogP contribution < -0.4 is 19.7 Å². The minimum Gasteiger partial charge on any atom is -0.454 e. The molecule has 5 rings (SSSR count). The van der Waals surface area contributed by atoms with Gasteiger partial charge in [0, 0.05) is 50.0 Å². The second-order valence-electron chi connectivity index (χ2n) is 10.7. The number of carbonyl (C=O) groups excluding carboxylic acids is 1. The molecule has 7 nitrogen and oxygen atoms in total. The molecule has 3 aliphatic heterocycles. The van der Waals surface area contributed by atoms with Gasteiger partial charge in [0.15, 0.2) is 11.5 Å². The van der Waals surface area contributed by atoms with Crippen molar-refractivity contribution >= 4 is 11.6 Å². The Morgan fingerprint density at radius 2 is 1.75 bits per heavy atom. The number of nitrogens with one attached hydrogen (secondary N) is 1. The quantitative estimate of drug-likeness (QED) is 0.572. The number of piperidine rings is 1. The highest BCUT2D eigenvalue weighted by molar-refractivity contribution is 5.94. The van der Waals surface area contributed by atoms with E-state index in [9.17, 15) is 4.79 Å². The molecule has 2 saturated heterocycles. The zero-order valence-electron chi connectivity index (χ0n) is 21.7. The Bertz CT molecular complexity index is 1010. The summed E-state index contributed by atoms with van der Waals surface area (Å²) in [5.41, 5.74) is 2.87. The number of benzene rings is 2. The lowest BCUT2D eigenvalue weighted by atomic mass is 10.0. The van der Waals surface area contributed by atoms with Crippen LogP contribution in [0.5, 0.6) is 11.5 Å². The van der Waals surface area contributed by atoms with Crippen LogP contribution in [0.2, 0.25) is 0 Å². The highest BCUT2D eigenvalue weighted by Gasteiger charge is 2.24. The fourth-order valence-electron chi connectivity index (χ4n) is 5.83. The van der Waals surface area contributed by atoms with Crippen LogP contribution in [0.4, 0.5) is 5.69 Å². The lowest BCUT2D eigenvalue weighted by Crippen LogP contribution is -2.45. The van der Waals surface area contributed by atoms with Gasteiger partial charge in [0.25, 0.3) is 5.91 Å². The van der Waals surface area contributed by atoms with Crippen molar-refractivity contribution in [2.75, 3.05) is 58.0 Å². The SMILES string of the molecule is CC(CN1CCCC1)CN(C)C1CCN(c2ccc(C(=O)NCc3ccc4c(c3)OCO4)cc2)CC1. The van der Waals surface area contributed by atoms with Gasteiger partial charge in [0.05, 0.1) is 0 Å². The monoisotopic (exact) mass is 492 g/mol. The van der Waals surface area contributed by atoms with E-state index in [0.717, 1.165) is 36.1 Å². The molecule has 1 amide bonds. The second kappa shape index (κ2) is 11.5. The minimum atomic E-state index is -0.0670. The normalized spacial score (nSPS) is 19.1. The Labute approximate surface area is 215 Å². The molecule has 1 atom stereocenters. The third kappa shape index (κ3) is 6.13. The number of likely N-dealkylation sites (tertiary alicyclic amines) is 1. The van der Waals surface area contributed by atoms with Gasteiger partial charge in [-0.25, -0.2) is 0 Å². The summed E-state index contributed by atoms with van der Waals surface area (Å²) in [4.78, 5) is 20.3. The van der Waals surface area contributed by atoms with Gasteiger partial charge in [-0.1, -0.05) is 13.0 Å². The number of ether oxygens (including phenoxy) is 2. The molecule has 0 spiro atoms. The van der Waals surface area contributed by atoms with Crippen LogP contribution in [0, 0.1) is 5.92 Å². The first-order valence-corrected chi connectivity index (χ1v) is 13.5. The van der Waals surface area contributed by atoms with Crippen LogP contribution >= 0.6 is 0 Å². The summed E-state index contributed by atoms with van der Waals surface area (Å²) in [6.45, 7) is 10.2. The van der Waals surface area contributed by atoms with Crippen molar-refractivity contribution in [3.05, 3.63) is 53.6 Å². The Kier molecular flexibility index (Phi) is 7.97. The maximum atomic E-state index is 12.7. The molecule has 2 fully saturated rings. The average molecular weight is 493 g/mol. The summed E-state index contributed by atoms with van der Waals surface area (Å²) in [5, 5.41) is 3.00. The van der Waals surface area contributed by atoms with Gasteiger partial charge in [0.2, 0.25) is 6.79 Å². The maximum absolute atomic E-state index is 12.7. The Hall–Kier alpha value is -2.77. The molecule has 2 aromatic rings. The third-order valence-corrected chi connectivity index (χ3v) is 7.84. The number of amides is 1. The molecule has 0 aromatic heterocycles. The third-order valence-electron chi connectivity index (χ3n) is 7.84. The zero-order chi connectivity index (χ0) is 24.9. The van der Waals surface area contributed by atoms with E-state index >= 15 is 0 Å². The zero-order valence-corrected chi connectivity index (χ0v) is 21.7. The fourth-order valence-corrected chi connectivity index (χ4v) is 5.83. The molecule has 0 saturated carbocycles. The van der Waals surface area contributed by atoms with Crippen LogP contribution in [0.15, 0.2) is 42.5 Å². The molecule has 1 unspecified atom stereocenters. The maximum Gasteiger partial charge on any atom is 0.251 e. The van der Waals surface area contributed by atoms with Gasteiger partial charge in [-0.05, 0) is 93.7 Å². The number of anilines is 1. The van der Waals surface area contributed by atoms with Crippen molar-refractivity contribution < 1.29 is 14.3 Å². The summed E-state index contributed by atoms with van der Waals surface area (Å²) in [7, 11) is 2.30. The summed E-state index contributed by atoms with van der Waals surface area (Å²) >= 11 is 0. The summed E-state index contributed by atoms with van der Waals surface area (Å²) < 4.78 is 10.8. The van der Waals surface area contributed by atoms with Gasteiger partial charge in [-0.2, -0.15) is 0 Å². The van der Waals surface area contributed by atoms with E-state index in [1.807, 2.05) is 30.3 Å². The van der Waals surface area contributed by atoms with E-state index in [1.165, 1.54) is 57.5 Å². The molecule has 2 aromatic carbocycles. The molecule has 7 heteroatoms. The average Bonchev–Trinajstić information content (AvgIpc) is 3.59. The first-order valence-electron chi connectivity index (χ1n) is 13.5. The Morgan fingerprint density at radius 3 is 2.50 bits per heavy atom. The molecule has 36 heavy (non-hydrogen) atoms. The number of hydrogen-bond acceptors (Lipinski definition) is 6. The smallest absolute Gasteiger partial charge is 0.251 e. The van der Waals surface area contributed by atoms with Crippen molar-refractivity contribution in [2.45, 2.75) is 45.2 Å². The Balaban J connectivity index is 1.06. The van der Waals surface area contributed by atoms with Crippen molar-refractivity contribution in [3.63, 3.8) is 0 Å². The molecule has 3 heterocycles. The first-order chi connectivity index (χ1) is 17.5. The van der Waals surface area contributed by atoms with Crippen LogP contribution in [0.25, 0.3) is 0 Å². The minimum absolute atomic E-state index is 0.0670. The highest BCUT2D eigenvalue weighted by atomic mass is 16.7.